The van der Waals surface area contributed by atoms with Gasteiger partial charge in [0.1, 0.15) is 11.6 Å². The minimum atomic E-state index is -1.02. The summed E-state index contributed by atoms with van der Waals surface area (Å²) in [5, 5.41) is 9.22. The van der Waals surface area contributed by atoms with Crippen molar-refractivity contribution in [2.75, 3.05) is 19.0 Å². The topological polar surface area (TPSA) is 90.5 Å². The van der Waals surface area contributed by atoms with Gasteiger partial charge in [0, 0.05) is 12.6 Å². The number of hydrogen-bond acceptors (Lipinski definition) is 4. The molecule has 1 aliphatic heterocycles. The number of amides is 3. The maximum atomic E-state index is 13.8. The quantitative estimate of drug-likeness (QED) is 0.570. The van der Waals surface area contributed by atoms with Gasteiger partial charge in [-0.1, -0.05) is 69.2 Å². The lowest BCUT2D eigenvalue weighted by molar-refractivity contribution is -0.136. The molecule has 3 amide bonds. The molecule has 2 aromatic rings. The number of nitrogens with one attached hydrogen (secondary N) is 3. The van der Waals surface area contributed by atoms with Crippen LogP contribution in [0.4, 0.5) is 5.69 Å². The van der Waals surface area contributed by atoms with E-state index in [2.05, 4.69) is 29.8 Å². The lowest BCUT2D eigenvalue weighted by atomic mass is 9.92. The van der Waals surface area contributed by atoms with Gasteiger partial charge in [-0.2, -0.15) is 0 Å². The van der Waals surface area contributed by atoms with E-state index < -0.39 is 11.6 Å². The highest BCUT2D eigenvalue weighted by atomic mass is 16.2. The van der Waals surface area contributed by atoms with Crippen molar-refractivity contribution in [1.29, 1.82) is 0 Å². The van der Waals surface area contributed by atoms with Gasteiger partial charge >= 0.3 is 0 Å². The van der Waals surface area contributed by atoms with Gasteiger partial charge in [0.15, 0.2) is 0 Å². The van der Waals surface area contributed by atoms with Crippen molar-refractivity contribution >= 4 is 23.4 Å². The summed E-state index contributed by atoms with van der Waals surface area (Å²) in [7, 11) is 3.51. The van der Waals surface area contributed by atoms with E-state index in [4.69, 9.17) is 0 Å². The fourth-order valence-electron chi connectivity index (χ4n) is 5.38. The molecule has 2 aliphatic rings. The molecule has 1 saturated carbocycles. The molecule has 0 bridgehead atoms. The second kappa shape index (κ2) is 10.2. The molecule has 1 aliphatic carbocycles. The van der Waals surface area contributed by atoms with Crippen LogP contribution in [-0.2, 0) is 14.4 Å². The highest BCUT2D eigenvalue weighted by Crippen LogP contribution is 2.40. The predicted octanol–water partition coefficient (Wildman–Crippen LogP) is 3.55. The van der Waals surface area contributed by atoms with Crippen LogP contribution in [0.3, 0.4) is 0 Å². The summed E-state index contributed by atoms with van der Waals surface area (Å²) in [4.78, 5) is 42.2. The maximum absolute atomic E-state index is 13.8. The Labute approximate surface area is 207 Å². The third kappa shape index (κ3) is 4.82. The van der Waals surface area contributed by atoms with Crippen LogP contribution in [0.25, 0.3) is 11.1 Å². The van der Waals surface area contributed by atoms with Gasteiger partial charge < -0.3 is 20.9 Å². The fourth-order valence-corrected chi connectivity index (χ4v) is 5.38. The van der Waals surface area contributed by atoms with Crippen molar-refractivity contribution in [3.8, 4) is 11.1 Å². The van der Waals surface area contributed by atoms with Gasteiger partial charge in [0.05, 0.1) is 11.7 Å². The zero-order chi connectivity index (χ0) is 25.2. The van der Waals surface area contributed by atoms with Crippen LogP contribution in [0.5, 0.6) is 0 Å². The van der Waals surface area contributed by atoms with Gasteiger partial charge in [-0.15, -0.1) is 0 Å². The molecule has 0 spiro atoms. The van der Waals surface area contributed by atoms with Gasteiger partial charge in [0.25, 0.3) is 5.91 Å². The number of carbonyl (C=O) groups excluding carboxylic acids is 3. The molecule has 7 nitrogen and oxygen atoms in total. The molecule has 35 heavy (non-hydrogen) atoms. The van der Waals surface area contributed by atoms with Crippen molar-refractivity contribution in [3.63, 3.8) is 0 Å². The first-order valence-corrected chi connectivity index (χ1v) is 12.5. The number of para-hydroxylation sites is 1. The molecular formula is C28H36N4O3. The normalized spacial score (nSPS) is 19.5. The molecule has 0 saturated heterocycles. The second-order valence-corrected chi connectivity index (χ2v) is 10.2. The molecule has 3 N–H and O–H groups in total. The fraction of sp³-hybridized carbons (Fsp3) is 0.464. The summed E-state index contributed by atoms with van der Waals surface area (Å²) in [6, 6.07) is 14.2. The largest absolute Gasteiger partial charge is 0.340 e. The Morgan fingerprint density at radius 2 is 1.66 bits per heavy atom. The monoisotopic (exact) mass is 476 g/mol. The number of nitrogens with zero attached hydrogens (tertiary/aromatic N) is 1. The summed E-state index contributed by atoms with van der Waals surface area (Å²) in [6.07, 6.45) is 3.49. The second-order valence-electron chi connectivity index (χ2n) is 10.2. The molecule has 1 heterocycles. The molecule has 0 aromatic heterocycles. The number of benzene rings is 2. The Morgan fingerprint density at radius 3 is 2.31 bits per heavy atom. The first-order valence-electron chi connectivity index (χ1n) is 12.5. The average molecular weight is 477 g/mol. The molecular weight excluding hydrogens is 440 g/mol. The summed E-state index contributed by atoms with van der Waals surface area (Å²) in [6.45, 7) is 4.14. The highest BCUT2D eigenvalue weighted by Gasteiger charge is 2.45. The van der Waals surface area contributed by atoms with Gasteiger partial charge in [-0.3, -0.25) is 14.4 Å². The van der Waals surface area contributed by atoms with Crippen LogP contribution < -0.4 is 20.9 Å². The third-order valence-corrected chi connectivity index (χ3v) is 7.31. The Bertz CT molecular complexity index is 1110. The van der Waals surface area contributed by atoms with Crippen molar-refractivity contribution in [2.45, 2.75) is 63.6 Å². The van der Waals surface area contributed by atoms with E-state index in [1.807, 2.05) is 48.5 Å². The smallest absolute Gasteiger partial charge is 0.253 e. The molecule has 4 rings (SSSR count). The molecule has 1 fully saturated rings. The van der Waals surface area contributed by atoms with Crippen LogP contribution >= 0.6 is 0 Å². The Kier molecular flexibility index (Phi) is 7.26. The zero-order valence-corrected chi connectivity index (χ0v) is 21.1. The third-order valence-electron chi connectivity index (χ3n) is 7.31. The number of likely N-dealkylation sites (N-methyl/N-ethyl adjacent to an activating group) is 2. The number of fused-ring (bicyclic) bond motifs is 3. The summed E-state index contributed by atoms with van der Waals surface area (Å²) < 4.78 is 0. The van der Waals surface area contributed by atoms with Gasteiger partial charge in [0.2, 0.25) is 11.8 Å². The summed E-state index contributed by atoms with van der Waals surface area (Å²) >= 11 is 0. The number of anilines is 1. The predicted molar refractivity (Wildman–Crippen MR) is 138 cm³/mol. The van der Waals surface area contributed by atoms with Crippen LogP contribution in [0.1, 0.15) is 57.6 Å². The first-order chi connectivity index (χ1) is 16.8. The first kappa shape index (κ1) is 24.9. The van der Waals surface area contributed by atoms with E-state index in [0.717, 1.165) is 35.2 Å². The van der Waals surface area contributed by atoms with E-state index in [1.165, 1.54) is 0 Å². The Balaban J connectivity index is 1.65. The van der Waals surface area contributed by atoms with E-state index >= 15 is 0 Å². The summed E-state index contributed by atoms with van der Waals surface area (Å²) in [5.41, 5.74) is 2.41. The van der Waals surface area contributed by atoms with E-state index in [9.17, 15) is 14.4 Å². The average Bonchev–Trinajstić information content (AvgIpc) is 3.31. The summed E-state index contributed by atoms with van der Waals surface area (Å²) in [5.74, 6) is -0.336. The van der Waals surface area contributed by atoms with Crippen molar-refractivity contribution in [1.82, 2.24) is 16.0 Å². The van der Waals surface area contributed by atoms with Crippen LogP contribution in [0.15, 0.2) is 48.5 Å². The SMILES string of the molecule is CN[C@@H](CC(C)C)C(=O)NC1(C(=O)NC2C(=O)N(C)c3ccccc3-c3ccccc32)CCCC1. The van der Waals surface area contributed by atoms with Gasteiger partial charge in [-0.05, 0) is 49.4 Å². The van der Waals surface area contributed by atoms with E-state index in [1.54, 1.807) is 19.0 Å². The van der Waals surface area contributed by atoms with Crippen molar-refractivity contribution in [2.24, 2.45) is 5.92 Å². The number of carbonyl (C=O) groups is 3. The highest BCUT2D eigenvalue weighted by molar-refractivity contribution is 6.06. The van der Waals surface area contributed by atoms with Gasteiger partial charge in [-0.25, -0.2) is 0 Å². The minimum Gasteiger partial charge on any atom is -0.340 e. The Hall–Kier alpha value is -3.19. The van der Waals surface area contributed by atoms with E-state index in [0.29, 0.717) is 25.2 Å². The van der Waals surface area contributed by atoms with Crippen LogP contribution in [0.2, 0.25) is 0 Å². The van der Waals surface area contributed by atoms with Crippen molar-refractivity contribution in [3.05, 3.63) is 54.1 Å². The molecule has 7 heteroatoms. The molecule has 1 unspecified atom stereocenters. The molecule has 0 radical (unpaired) electrons. The number of rotatable bonds is 7. The molecule has 2 atom stereocenters. The lowest BCUT2D eigenvalue weighted by Gasteiger charge is -2.33. The number of hydrogen-bond donors (Lipinski definition) is 3. The molecule has 186 valence electrons. The molecule has 2 aromatic carbocycles. The van der Waals surface area contributed by atoms with E-state index in [-0.39, 0.29) is 23.8 Å². The zero-order valence-electron chi connectivity index (χ0n) is 21.1. The van der Waals surface area contributed by atoms with Crippen molar-refractivity contribution < 1.29 is 14.4 Å². The maximum Gasteiger partial charge on any atom is 0.253 e. The standard InChI is InChI=1S/C28H36N4O3/c1-18(2)17-22(29-3)25(33)31-28(15-9-10-16-28)27(35)30-24-21-13-6-5-11-19(21)20-12-7-8-14-23(20)32(4)26(24)34/h5-8,11-14,18,22,24,29H,9-10,15-17H2,1-4H3,(H,30,35)(H,31,33)/t22-,24?/m0/s1. The minimum absolute atomic E-state index is 0.171. The Morgan fingerprint density at radius 1 is 1.03 bits per heavy atom. The lowest BCUT2D eigenvalue weighted by Crippen LogP contribution is -2.61. The van der Waals surface area contributed by atoms with Crippen LogP contribution in [-0.4, -0.2) is 43.4 Å². The van der Waals surface area contributed by atoms with Crippen LogP contribution in [0, 0.1) is 5.92 Å².